The Balaban J connectivity index is 2.49. The summed E-state index contributed by atoms with van der Waals surface area (Å²) in [5.41, 5.74) is 1.47. The molecule has 9 heavy (non-hydrogen) atoms. The molecule has 0 bridgehead atoms. The van der Waals surface area contributed by atoms with Gasteiger partial charge in [0.05, 0.1) is 13.2 Å². The van der Waals surface area contributed by atoms with Crippen molar-refractivity contribution in [3.05, 3.63) is 11.6 Å². The molecule has 1 aliphatic rings. The second-order valence-corrected chi connectivity index (χ2v) is 2.82. The van der Waals surface area contributed by atoms with E-state index in [4.69, 9.17) is 4.74 Å². The number of hydrogen-bond acceptors (Lipinski definition) is 1. The summed E-state index contributed by atoms with van der Waals surface area (Å²) in [5.74, 6) is 0.618. The molecule has 0 radical (unpaired) electrons. The molecule has 0 aliphatic carbocycles. The molecule has 0 aromatic rings. The summed E-state index contributed by atoms with van der Waals surface area (Å²) in [6, 6.07) is 0. The molecule has 0 spiro atoms. The van der Waals surface area contributed by atoms with Crippen LogP contribution in [-0.2, 0) is 4.74 Å². The van der Waals surface area contributed by atoms with E-state index in [1.807, 2.05) is 0 Å². The van der Waals surface area contributed by atoms with Gasteiger partial charge in [-0.05, 0) is 19.3 Å². The molecule has 1 rings (SSSR count). The van der Waals surface area contributed by atoms with E-state index in [0.29, 0.717) is 5.92 Å². The van der Waals surface area contributed by atoms with Gasteiger partial charge in [-0.3, -0.25) is 0 Å². The van der Waals surface area contributed by atoms with E-state index in [1.165, 1.54) is 5.57 Å². The van der Waals surface area contributed by atoms with Crippen LogP contribution in [0.1, 0.15) is 20.3 Å². The van der Waals surface area contributed by atoms with Crippen LogP contribution in [0.15, 0.2) is 11.6 Å². The number of hydrogen-bond donors (Lipinski definition) is 0. The Morgan fingerprint density at radius 1 is 1.67 bits per heavy atom. The molecule has 1 atom stereocenters. The highest BCUT2D eigenvalue weighted by atomic mass is 16.5. The zero-order valence-electron chi connectivity index (χ0n) is 6.18. The van der Waals surface area contributed by atoms with Crippen LogP contribution in [0, 0.1) is 5.92 Å². The first kappa shape index (κ1) is 6.81. The van der Waals surface area contributed by atoms with Crippen LogP contribution in [0.3, 0.4) is 0 Å². The molecule has 0 saturated heterocycles. The van der Waals surface area contributed by atoms with Crippen LogP contribution in [0.4, 0.5) is 0 Å². The molecule has 1 heterocycles. The maximum absolute atomic E-state index is 5.33. The van der Waals surface area contributed by atoms with Gasteiger partial charge >= 0.3 is 0 Å². The van der Waals surface area contributed by atoms with Crippen LogP contribution in [0.5, 0.6) is 0 Å². The molecular weight excluding hydrogens is 112 g/mol. The Bertz CT molecular complexity index is 116. The van der Waals surface area contributed by atoms with Crippen molar-refractivity contribution in [3.63, 3.8) is 0 Å². The van der Waals surface area contributed by atoms with Gasteiger partial charge in [-0.2, -0.15) is 0 Å². The minimum Gasteiger partial charge on any atom is -0.381 e. The molecule has 0 unspecified atom stereocenters. The van der Waals surface area contributed by atoms with E-state index >= 15 is 0 Å². The summed E-state index contributed by atoms with van der Waals surface area (Å²) in [6.07, 6.45) is 3.41. The monoisotopic (exact) mass is 126 g/mol. The van der Waals surface area contributed by atoms with E-state index < -0.39 is 0 Å². The van der Waals surface area contributed by atoms with E-state index in [2.05, 4.69) is 19.9 Å². The Hall–Kier alpha value is -0.300. The van der Waals surface area contributed by atoms with Gasteiger partial charge in [0.1, 0.15) is 0 Å². The van der Waals surface area contributed by atoms with Gasteiger partial charge in [0.25, 0.3) is 0 Å². The van der Waals surface area contributed by atoms with Gasteiger partial charge in [0.2, 0.25) is 0 Å². The first-order valence-corrected chi connectivity index (χ1v) is 3.54. The predicted molar refractivity (Wildman–Crippen MR) is 38.4 cm³/mol. The highest BCUT2D eigenvalue weighted by Gasteiger charge is 2.03. The summed E-state index contributed by atoms with van der Waals surface area (Å²) in [6.45, 7) is 6.17. The van der Waals surface area contributed by atoms with Crippen molar-refractivity contribution in [2.45, 2.75) is 20.3 Å². The summed E-state index contributed by atoms with van der Waals surface area (Å²) < 4.78 is 5.33. The topological polar surface area (TPSA) is 9.23 Å². The third-order valence-electron chi connectivity index (χ3n) is 1.59. The SMILES string of the molecule is CC1=C[C@H](C)COCC1. The van der Waals surface area contributed by atoms with Crippen LogP contribution in [0.2, 0.25) is 0 Å². The second kappa shape index (κ2) is 3.02. The first-order chi connectivity index (χ1) is 4.29. The fourth-order valence-corrected chi connectivity index (χ4v) is 1.12. The summed E-state index contributed by atoms with van der Waals surface area (Å²) in [5, 5.41) is 0. The van der Waals surface area contributed by atoms with Gasteiger partial charge in [-0.1, -0.05) is 18.6 Å². The quantitative estimate of drug-likeness (QED) is 0.451. The van der Waals surface area contributed by atoms with Crippen molar-refractivity contribution < 1.29 is 4.74 Å². The van der Waals surface area contributed by atoms with E-state index in [-0.39, 0.29) is 0 Å². The van der Waals surface area contributed by atoms with Gasteiger partial charge in [0.15, 0.2) is 0 Å². The zero-order chi connectivity index (χ0) is 6.69. The molecular formula is C8H14O. The van der Waals surface area contributed by atoms with E-state index in [1.54, 1.807) is 0 Å². The van der Waals surface area contributed by atoms with Crippen molar-refractivity contribution in [3.8, 4) is 0 Å². The lowest BCUT2D eigenvalue weighted by atomic mass is 10.1. The van der Waals surface area contributed by atoms with Crippen molar-refractivity contribution in [1.29, 1.82) is 0 Å². The zero-order valence-corrected chi connectivity index (χ0v) is 6.18. The molecule has 0 aromatic heterocycles. The summed E-state index contributed by atoms with van der Waals surface area (Å²) in [4.78, 5) is 0. The van der Waals surface area contributed by atoms with E-state index in [9.17, 15) is 0 Å². The van der Waals surface area contributed by atoms with Crippen LogP contribution < -0.4 is 0 Å². The smallest absolute Gasteiger partial charge is 0.0526 e. The lowest BCUT2D eigenvalue weighted by Crippen LogP contribution is -2.00. The van der Waals surface area contributed by atoms with Crippen molar-refractivity contribution in [2.75, 3.05) is 13.2 Å². The third-order valence-corrected chi connectivity index (χ3v) is 1.59. The van der Waals surface area contributed by atoms with Gasteiger partial charge in [-0.25, -0.2) is 0 Å². The average molecular weight is 126 g/mol. The molecule has 0 aromatic carbocycles. The molecule has 0 saturated carbocycles. The molecule has 1 aliphatic heterocycles. The number of ether oxygens (including phenoxy) is 1. The van der Waals surface area contributed by atoms with E-state index in [0.717, 1.165) is 19.6 Å². The first-order valence-electron chi connectivity index (χ1n) is 3.54. The van der Waals surface area contributed by atoms with Crippen molar-refractivity contribution in [2.24, 2.45) is 5.92 Å². The van der Waals surface area contributed by atoms with Crippen molar-refractivity contribution >= 4 is 0 Å². The van der Waals surface area contributed by atoms with Crippen molar-refractivity contribution in [1.82, 2.24) is 0 Å². The van der Waals surface area contributed by atoms with Gasteiger partial charge < -0.3 is 4.74 Å². The fraction of sp³-hybridized carbons (Fsp3) is 0.750. The largest absolute Gasteiger partial charge is 0.381 e. The van der Waals surface area contributed by atoms with Gasteiger partial charge in [-0.15, -0.1) is 0 Å². The lowest BCUT2D eigenvalue weighted by molar-refractivity contribution is 0.126. The summed E-state index contributed by atoms with van der Waals surface area (Å²) in [7, 11) is 0. The predicted octanol–water partition coefficient (Wildman–Crippen LogP) is 1.99. The number of rotatable bonds is 0. The highest BCUT2D eigenvalue weighted by Crippen LogP contribution is 2.11. The molecule has 0 amide bonds. The van der Waals surface area contributed by atoms with Crippen LogP contribution >= 0.6 is 0 Å². The standard InChI is InChI=1S/C8H14O/c1-7-3-4-9-6-8(2)5-7/h5,8H,3-4,6H2,1-2H3/t8-/m0/s1. The molecule has 0 fully saturated rings. The minimum absolute atomic E-state index is 0.618. The molecule has 1 heteroatoms. The second-order valence-electron chi connectivity index (χ2n) is 2.82. The third kappa shape index (κ3) is 2.19. The Labute approximate surface area is 56.7 Å². The molecule has 0 N–H and O–H groups in total. The molecule has 52 valence electrons. The highest BCUT2D eigenvalue weighted by molar-refractivity contribution is 5.01. The Kier molecular flexibility index (Phi) is 2.29. The summed E-state index contributed by atoms with van der Waals surface area (Å²) >= 11 is 0. The van der Waals surface area contributed by atoms with Crippen LogP contribution in [-0.4, -0.2) is 13.2 Å². The normalized spacial score (nSPS) is 29.1. The lowest BCUT2D eigenvalue weighted by Gasteiger charge is -2.00. The maximum Gasteiger partial charge on any atom is 0.0526 e. The maximum atomic E-state index is 5.33. The fourth-order valence-electron chi connectivity index (χ4n) is 1.12. The Morgan fingerprint density at radius 3 is 3.22 bits per heavy atom. The Morgan fingerprint density at radius 2 is 2.44 bits per heavy atom. The van der Waals surface area contributed by atoms with Crippen LogP contribution in [0.25, 0.3) is 0 Å². The average Bonchev–Trinajstić information content (AvgIpc) is 1.93. The minimum atomic E-state index is 0.618. The molecule has 1 nitrogen and oxygen atoms in total. The van der Waals surface area contributed by atoms with Gasteiger partial charge in [0, 0.05) is 0 Å².